The second kappa shape index (κ2) is 7.67. The molecular weight excluding hydrogens is 368 g/mol. The molecule has 146 valence electrons. The smallest absolute Gasteiger partial charge is 0.237 e. The zero-order valence-electron chi connectivity index (χ0n) is 16.6. The van der Waals surface area contributed by atoms with E-state index in [2.05, 4.69) is 25.1 Å². The van der Waals surface area contributed by atoms with Crippen LogP contribution < -0.4 is 9.47 Å². The van der Waals surface area contributed by atoms with Crippen LogP contribution in [0.4, 0.5) is 0 Å². The number of rotatable bonds is 5. The second-order valence-electron chi connectivity index (χ2n) is 6.50. The summed E-state index contributed by atoms with van der Waals surface area (Å²) in [6, 6.07) is 9.57. The Kier molecular flexibility index (Phi) is 4.90. The Bertz CT molecular complexity index is 1140. The van der Waals surface area contributed by atoms with Crippen LogP contribution >= 0.6 is 0 Å². The van der Waals surface area contributed by atoms with E-state index < -0.39 is 0 Å². The molecule has 0 radical (unpaired) electrons. The molecule has 0 saturated heterocycles. The molecule has 0 fully saturated rings. The third-order valence-electron chi connectivity index (χ3n) is 4.64. The molecule has 3 heterocycles. The van der Waals surface area contributed by atoms with E-state index in [4.69, 9.17) is 9.47 Å². The third-order valence-corrected chi connectivity index (χ3v) is 4.64. The number of benzene rings is 1. The van der Waals surface area contributed by atoms with Gasteiger partial charge in [-0.1, -0.05) is 12.1 Å². The lowest BCUT2D eigenvalue weighted by Gasteiger charge is -2.10. The van der Waals surface area contributed by atoms with Crippen molar-refractivity contribution in [3.05, 3.63) is 65.9 Å². The van der Waals surface area contributed by atoms with Gasteiger partial charge in [0.25, 0.3) is 0 Å². The maximum atomic E-state index is 5.89. The van der Waals surface area contributed by atoms with Crippen molar-refractivity contribution in [3.63, 3.8) is 0 Å². The number of nitrogens with zero attached hydrogens (tertiary/aromatic N) is 6. The van der Waals surface area contributed by atoms with Crippen LogP contribution in [0.25, 0.3) is 17.2 Å². The summed E-state index contributed by atoms with van der Waals surface area (Å²) in [4.78, 5) is 13.1. The Hall–Kier alpha value is -3.81. The van der Waals surface area contributed by atoms with Crippen LogP contribution in [0.15, 0.2) is 48.9 Å². The van der Waals surface area contributed by atoms with Crippen molar-refractivity contribution in [2.75, 3.05) is 7.11 Å². The van der Waals surface area contributed by atoms with E-state index in [1.165, 1.54) is 0 Å². The molecule has 0 saturated carbocycles. The highest BCUT2D eigenvalue weighted by atomic mass is 16.5. The lowest BCUT2D eigenvalue weighted by Crippen LogP contribution is -2.02. The number of aryl methyl sites for hydroxylation is 2. The number of hydrogen-bond acceptors (Lipinski definition) is 7. The SMILES string of the molecule is COc1ccc(-n2c(C)nnc2-c2cnc(Oc3cccc(C)c3C)cn2)cn1. The van der Waals surface area contributed by atoms with Crippen LogP contribution in [0.5, 0.6) is 17.5 Å². The molecule has 4 rings (SSSR count). The first-order valence-corrected chi connectivity index (χ1v) is 9.05. The fourth-order valence-corrected chi connectivity index (χ4v) is 2.89. The van der Waals surface area contributed by atoms with Gasteiger partial charge in [0.2, 0.25) is 11.8 Å². The van der Waals surface area contributed by atoms with E-state index in [9.17, 15) is 0 Å². The minimum atomic E-state index is 0.413. The molecule has 8 heteroatoms. The molecule has 0 aliphatic heterocycles. The maximum absolute atomic E-state index is 5.89. The Morgan fingerprint density at radius 2 is 1.66 bits per heavy atom. The van der Waals surface area contributed by atoms with Gasteiger partial charge in [-0.3, -0.25) is 4.57 Å². The summed E-state index contributed by atoms with van der Waals surface area (Å²) in [5, 5.41) is 8.43. The van der Waals surface area contributed by atoms with E-state index in [1.807, 2.05) is 49.6 Å². The molecule has 8 nitrogen and oxygen atoms in total. The highest BCUT2D eigenvalue weighted by Gasteiger charge is 2.15. The quantitative estimate of drug-likeness (QED) is 0.513. The molecule has 0 atom stereocenters. The predicted molar refractivity (Wildman–Crippen MR) is 107 cm³/mol. The van der Waals surface area contributed by atoms with Crippen molar-refractivity contribution in [1.82, 2.24) is 29.7 Å². The Balaban J connectivity index is 1.64. The third kappa shape index (κ3) is 3.64. The molecular formula is C21H20N6O2. The van der Waals surface area contributed by atoms with Crippen molar-refractivity contribution in [2.24, 2.45) is 0 Å². The normalized spacial score (nSPS) is 10.8. The zero-order chi connectivity index (χ0) is 20.4. The number of hydrogen-bond donors (Lipinski definition) is 0. The summed E-state index contributed by atoms with van der Waals surface area (Å²) in [6.45, 7) is 5.92. The van der Waals surface area contributed by atoms with Gasteiger partial charge in [0.05, 0.1) is 31.4 Å². The Labute approximate surface area is 168 Å². The fourth-order valence-electron chi connectivity index (χ4n) is 2.89. The molecule has 0 aliphatic rings. The first-order chi connectivity index (χ1) is 14.1. The molecule has 0 bridgehead atoms. The van der Waals surface area contributed by atoms with E-state index in [0.717, 1.165) is 22.6 Å². The standard InChI is InChI=1S/C21H20N6O2/c1-13-6-5-7-18(14(13)2)29-20-12-22-17(11-24-20)21-26-25-15(3)27(21)16-8-9-19(28-4)23-10-16/h5-12H,1-4H3. The lowest BCUT2D eigenvalue weighted by atomic mass is 10.1. The van der Waals surface area contributed by atoms with Crippen molar-refractivity contribution in [3.8, 4) is 34.7 Å². The van der Waals surface area contributed by atoms with Gasteiger partial charge in [-0.2, -0.15) is 0 Å². The van der Waals surface area contributed by atoms with Crippen molar-refractivity contribution in [1.29, 1.82) is 0 Å². The van der Waals surface area contributed by atoms with Gasteiger partial charge in [-0.15, -0.1) is 10.2 Å². The molecule has 1 aromatic carbocycles. The second-order valence-corrected chi connectivity index (χ2v) is 6.50. The molecule has 4 aromatic rings. The summed E-state index contributed by atoms with van der Waals surface area (Å²) >= 11 is 0. The van der Waals surface area contributed by atoms with Gasteiger partial charge in [-0.25, -0.2) is 15.0 Å². The van der Waals surface area contributed by atoms with Gasteiger partial charge in [-0.05, 0) is 44.0 Å². The minimum Gasteiger partial charge on any atom is -0.481 e. The average molecular weight is 388 g/mol. The molecule has 0 unspecified atom stereocenters. The van der Waals surface area contributed by atoms with Crippen LogP contribution in [-0.2, 0) is 0 Å². The predicted octanol–water partition coefficient (Wildman–Crippen LogP) is 3.85. The Morgan fingerprint density at radius 1 is 0.828 bits per heavy atom. The number of ether oxygens (including phenoxy) is 2. The van der Waals surface area contributed by atoms with Crippen molar-refractivity contribution in [2.45, 2.75) is 20.8 Å². The summed E-state index contributed by atoms with van der Waals surface area (Å²) < 4.78 is 12.9. The zero-order valence-corrected chi connectivity index (χ0v) is 16.6. The monoisotopic (exact) mass is 388 g/mol. The molecule has 0 aliphatic carbocycles. The highest BCUT2D eigenvalue weighted by molar-refractivity contribution is 5.53. The number of pyridine rings is 1. The van der Waals surface area contributed by atoms with E-state index in [0.29, 0.717) is 29.1 Å². The molecule has 0 N–H and O–H groups in total. The largest absolute Gasteiger partial charge is 0.481 e. The van der Waals surface area contributed by atoms with Crippen molar-refractivity contribution >= 4 is 0 Å². The molecule has 29 heavy (non-hydrogen) atoms. The fraction of sp³-hybridized carbons (Fsp3) is 0.190. The first kappa shape index (κ1) is 18.5. The number of aromatic nitrogens is 6. The summed E-state index contributed by atoms with van der Waals surface area (Å²) in [7, 11) is 1.58. The van der Waals surface area contributed by atoms with Crippen molar-refractivity contribution < 1.29 is 9.47 Å². The van der Waals surface area contributed by atoms with Crippen LogP contribution in [0.1, 0.15) is 17.0 Å². The number of methoxy groups -OCH3 is 1. The Morgan fingerprint density at radius 3 is 2.34 bits per heavy atom. The lowest BCUT2D eigenvalue weighted by molar-refractivity contribution is 0.398. The van der Waals surface area contributed by atoms with Crippen LogP contribution in [0, 0.1) is 20.8 Å². The summed E-state index contributed by atoms with van der Waals surface area (Å²) in [6.07, 6.45) is 4.90. The molecule has 3 aromatic heterocycles. The van der Waals surface area contributed by atoms with E-state index in [1.54, 1.807) is 31.8 Å². The van der Waals surface area contributed by atoms with Gasteiger partial charge < -0.3 is 9.47 Å². The first-order valence-electron chi connectivity index (χ1n) is 9.05. The van der Waals surface area contributed by atoms with E-state index in [-0.39, 0.29) is 0 Å². The van der Waals surface area contributed by atoms with Crippen LogP contribution in [-0.4, -0.2) is 36.8 Å². The minimum absolute atomic E-state index is 0.413. The maximum Gasteiger partial charge on any atom is 0.237 e. The van der Waals surface area contributed by atoms with Crippen LogP contribution in [0.2, 0.25) is 0 Å². The molecule has 0 spiro atoms. The topological polar surface area (TPSA) is 87.8 Å². The highest BCUT2D eigenvalue weighted by Crippen LogP contribution is 2.26. The summed E-state index contributed by atoms with van der Waals surface area (Å²) in [5.41, 5.74) is 3.61. The van der Waals surface area contributed by atoms with Gasteiger partial charge >= 0.3 is 0 Å². The van der Waals surface area contributed by atoms with Gasteiger partial charge in [0, 0.05) is 6.07 Å². The van der Waals surface area contributed by atoms with Gasteiger partial charge in [0.1, 0.15) is 17.3 Å². The average Bonchev–Trinajstić information content (AvgIpc) is 3.13. The summed E-state index contributed by atoms with van der Waals surface area (Å²) in [5.74, 6) is 2.99. The van der Waals surface area contributed by atoms with Gasteiger partial charge in [0.15, 0.2) is 5.82 Å². The van der Waals surface area contributed by atoms with Crippen LogP contribution in [0.3, 0.4) is 0 Å². The molecule has 0 amide bonds. The van der Waals surface area contributed by atoms with E-state index >= 15 is 0 Å².